The minimum atomic E-state index is -0.364. The summed E-state index contributed by atoms with van der Waals surface area (Å²) in [4.78, 5) is 9.33. The molecule has 0 amide bonds. The Morgan fingerprint density at radius 3 is 2.10 bits per heavy atom. The van der Waals surface area contributed by atoms with Crippen LogP contribution in [0.2, 0.25) is 0 Å². The summed E-state index contributed by atoms with van der Waals surface area (Å²) in [5.74, 6) is 0. The first-order valence-corrected chi connectivity index (χ1v) is 10.6. The Labute approximate surface area is 183 Å². The maximum absolute atomic E-state index is 6.20. The summed E-state index contributed by atoms with van der Waals surface area (Å²) >= 11 is 0. The zero-order valence-electron chi connectivity index (χ0n) is 18.3. The highest BCUT2D eigenvalue weighted by molar-refractivity contribution is 6.62. The van der Waals surface area contributed by atoms with Crippen LogP contribution in [0.15, 0.2) is 79.0 Å². The van der Waals surface area contributed by atoms with E-state index >= 15 is 0 Å². The van der Waals surface area contributed by atoms with E-state index in [1.165, 1.54) is 0 Å². The Morgan fingerprint density at radius 2 is 1.42 bits per heavy atom. The Morgan fingerprint density at radius 1 is 0.742 bits per heavy atom. The van der Waals surface area contributed by atoms with E-state index in [0.29, 0.717) is 0 Å². The Bertz CT molecular complexity index is 1220. The Balaban J connectivity index is 1.55. The molecule has 2 aromatic heterocycles. The monoisotopic (exact) mass is 408 g/mol. The van der Waals surface area contributed by atoms with Crippen molar-refractivity contribution in [3.05, 3.63) is 79.0 Å². The van der Waals surface area contributed by atoms with Crippen LogP contribution in [0.1, 0.15) is 27.7 Å². The number of hydrogen-bond donors (Lipinski definition) is 0. The minimum absolute atomic E-state index is 0.352. The summed E-state index contributed by atoms with van der Waals surface area (Å²) in [7, 11) is -0.364. The summed E-state index contributed by atoms with van der Waals surface area (Å²) < 4.78 is 12.4. The molecule has 0 atom stereocenters. The highest BCUT2D eigenvalue weighted by atomic mass is 16.7. The van der Waals surface area contributed by atoms with E-state index in [9.17, 15) is 0 Å². The van der Waals surface area contributed by atoms with Gasteiger partial charge in [0, 0.05) is 11.6 Å². The molecule has 2 aromatic carbocycles. The first-order chi connectivity index (χ1) is 14.8. The van der Waals surface area contributed by atoms with Crippen molar-refractivity contribution in [2.45, 2.75) is 38.9 Å². The van der Waals surface area contributed by atoms with Gasteiger partial charge in [0.25, 0.3) is 0 Å². The predicted molar refractivity (Wildman–Crippen MR) is 126 cm³/mol. The molecule has 1 fully saturated rings. The maximum atomic E-state index is 6.20. The fraction of sp³-hybridized carbons (Fsp3) is 0.231. The molecule has 0 aliphatic carbocycles. The second kappa shape index (κ2) is 7.29. The molecule has 3 heterocycles. The smallest absolute Gasteiger partial charge is 0.399 e. The number of para-hydroxylation sites is 1. The van der Waals surface area contributed by atoms with Gasteiger partial charge in [-0.15, -0.1) is 0 Å². The molecular weight excluding hydrogens is 383 g/mol. The van der Waals surface area contributed by atoms with E-state index in [1.807, 2.05) is 36.4 Å². The molecule has 0 spiro atoms. The molecule has 1 aliphatic rings. The first-order valence-electron chi connectivity index (χ1n) is 10.6. The molecule has 4 nitrogen and oxygen atoms in total. The van der Waals surface area contributed by atoms with E-state index in [-0.39, 0.29) is 18.3 Å². The van der Waals surface area contributed by atoms with Crippen molar-refractivity contribution in [3.63, 3.8) is 0 Å². The molecule has 1 aliphatic heterocycles. The van der Waals surface area contributed by atoms with Gasteiger partial charge in [0.15, 0.2) is 0 Å². The molecule has 0 saturated carbocycles. The maximum Gasteiger partial charge on any atom is 0.494 e. The molecule has 31 heavy (non-hydrogen) atoms. The summed E-state index contributed by atoms with van der Waals surface area (Å²) in [6.07, 6.45) is 1.80. The lowest BCUT2D eigenvalue weighted by atomic mass is 9.78. The van der Waals surface area contributed by atoms with Crippen LogP contribution in [0.3, 0.4) is 0 Å². The predicted octanol–water partition coefficient (Wildman–Crippen LogP) is 5.26. The average Bonchev–Trinajstić information content (AvgIpc) is 3.00. The van der Waals surface area contributed by atoms with Crippen LogP contribution >= 0.6 is 0 Å². The van der Waals surface area contributed by atoms with Gasteiger partial charge in [0.1, 0.15) is 0 Å². The third-order valence-electron chi connectivity index (χ3n) is 6.39. The number of benzene rings is 2. The molecule has 4 aromatic rings. The summed E-state index contributed by atoms with van der Waals surface area (Å²) in [5.41, 5.74) is 5.25. The van der Waals surface area contributed by atoms with E-state index in [2.05, 4.69) is 69.1 Å². The highest BCUT2D eigenvalue weighted by Gasteiger charge is 2.51. The second-order valence-electron chi connectivity index (χ2n) is 9.00. The zero-order valence-corrected chi connectivity index (χ0v) is 18.3. The van der Waals surface area contributed by atoms with Crippen molar-refractivity contribution >= 4 is 23.5 Å². The number of rotatable bonds is 3. The highest BCUT2D eigenvalue weighted by Crippen LogP contribution is 2.37. The fourth-order valence-electron chi connectivity index (χ4n) is 3.86. The van der Waals surface area contributed by atoms with Crippen LogP contribution in [0.5, 0.6) is 0 Å². The fourth-order valence-corrected chi connectivity index (χ4v) is 3.86. The van der Waals surface area contributed by atoms with Crippen LogP contribution in [0.4, 0.5) is 0 Å². The lowest BCUT2D eigenvalue weighted by Crippen LogP contribution is -2.41. The number of aromatic nitrogens is 2. The third kappa shape index (κ3) is 3.54. The van der Waals surface area contributed by atoms with Gasteiger partial charge in [-0.25, -0.2) is 4.98 Å². The quantitative estimate of drug-likeness (QED) is 0.434. The van der Waals surface area contributed by atoms with E-state index in [0.717, 1.165) is 38.9 Å². The second-order valence-corrected chi connectivity index (χ2v) is 9.00. The molecule has 0 bridgehead atoms. The van der Waals surface area contributed by atoms with Crippen LogP contribution in [-0.4, -0.2) is 28.3 Å². The van der Waals surface area contributed by atoms with E-state index in [1.54, 1.807) is 6.20 Å². The van der Waals surface area contributed by atoms with Crippen LogP contribution < -0.4 is 5.46 Å². The minimum Gasteiger partial charge on any atom is -0.399 e. The number of nitrogens with zero attached hydrogens (tertiary/aromatic N) is 2. The lowest BCUT2D eigenvalue weighted by Gasteiger charge is -2.32. The first kappa shape index (κ1) is 19.9. The lowest BCUT2D eigenvalue weighted by molar-refractivity contribution is 0.00578. The number of fused-ring (bicyclic) bond motifs is 1. The average molecular weight is 408 g/mol. The molecule has 0 unspecified atom stereocenters. The van der Waals surface area contributed by atoms with Crippen LogP contribution in [0, 0.1) is 0 Å². The largest absolute Gasteiger partial charge is 0.494 e. The molecule has 1 saturated heterocycles. The van der Waals surface area contributed by atoms with Crippen molar-refractivity contribution in [2.24, 2.45) is 0 Å². The van der Waals surface area contributed by atoms with Crippen molar-refractivity contribution < 1.29 is 9.31 Å². The van der Waals surface area contributed by atoms with Gasteiger partial charge in [-0.2, -0.15) is 0 Å². The molecule has 154 valence electrons. The van der Waals surface area contributed by atoms with Crippen molar-refractivity contribution in [1.29, 1.82) is 0 Å². The van der Waals surface area contributed by atoms with Gasteiger partial charge in [-0.05, 0) is 68.6 Å². The third-order valence-corrected chi connectivity index (χ3v) is 6.39. The van der Waals surface area contributed by atoms with Crippen molar-refractivity contribution in [3.8, 4) is 22.5 Å². The molecule has 5 rings (SSSR count). The molecular formula is C26H25BN2O2. The summed E-state index contributed by atoms with van der Waals surface area (Å²) in [5, 5.41) is 1.12. The SMILES string of the molecule is CC1(C)OB(c2ccc(-c3cc(-c4ccccn4)nc4ccccc34)cc2)OC1(C)C. The van der Waals surface area contributed by atoms with E-state index in [4.69, 9.17) is 14.3 Å². The van der Waals surface area contributed by atoms with Gasteiger partial charge in [-0.1, -0.05) is 48.5 Å². The normalized spacial score (nSPS) is 17.2. The van der Waals surface area contributed by atoms with E-state index < -0.39 is 0 Å². The Kier molecular flexibility index (Phi) is 4.69. The van der Waals surface area contributed by atoms with Crippen molar-refractivity contribution in [1.82, 2.24) is 9.97 Å². The van der Waals surface area contributed by atoms with Gasteiger partial charge in [-0.3, -0.25) is 4.98 Å². The summed E-state index contributed by atoms with van der Waals surface area (Å²) in [6.45, 7) is 8.29. The topological polar surface area (TPSA) is 44.2 Å². The zero-order chi connectivity index (χ0) is 21.6. The number of pyridine rings is 2. The van der Waals surface area contributed by atoms with Gasteiger partial charge < -0.3 is 9.31 Å². The van der Waals surface area contributed by atoms with Crippen LogP contribution in [0.25, 0.3) is 33.4 Å². The molecule has 0 radical (unpaired) electrons. The van der Waals surface area contributed by atoms with Gasteiger partial charge in [0.05, 0.1) is 28.1 Å². The van der Waals surface area contributed by atoms with Gasteiger partial charge >= 0.3 is 7.12 Å². The van der Waals surface area contributed by atoms with Crippen LogP contribution in [-0.2, 0) is 9.31 Å². The van der Waals surface area contributed by atoms with Crippen molar-refractivity contribution in [2.75, 3.05) is 0 Å². The number of hydrogen-bond acceptors (Lipinski definition) is 4. The standard InChI is InChI=1S/C26H25BN2O2/c1-25(2)26(3,4)31-27(30-25)19-14-12-18(13-15-19)21-17-24(23-11-7-8-16-28-23)29-22-10-6-5-9-20(21)22/h5-17H,1-4H3. The summed E-state index contributed by atoms with van der Waals surface area (Å²) in [6, 6.07) is 24.7. The Hall–Kier alpha value is -3.02. The molecule has 0 N–H and O–H groups in total. The molecule has 5 heteroatoms. The van der Waals surface area contributed by atoms with Gasteiger partial charge in [0.2, 0.25) is 0 Å².